The third kappa shape index (κ3) is 2.33. The van der Waals surface area contributed by atoms with Crippen LogP contribution in [0.1, 0.15) is 18.4 Å². The average molecular weight is 221 g/mol. The van der Waals surface area contributed by atoms with Gasteiger partial charge in [-0.05, 0) is 43.5 Å². The smallest absolute Gasteiger partial charge is 0.253 e. The molecule has 0 aliphatic carbocycles. The molecular weight excluding hydrogens is 206 g/mol. The number of amides is 1. The number of hydrogen-bond donors (Lipinski definition) is 2. The molecule has 1 saturated heterocycles. The van der Waals surface area contributed by atoms with E-state index in [1.807, 2.05) is 0 Å². The number of rotatable bonds is 2. The molecule has 1 aliphatic heterocycles. The van der Waals surface area contributed by atoms with Gasteiger partial charge in [0.05, 0.1) is 0 Å². The van der Waals surface area contributed by atoms with Gasteiger partial charge in [0, 0.05) is 12.3 Å². The van der Waals surface area contributed by atoms with E-state index in [9.17, 15) is 9.90 Å². The number of carbonyl (C=O) groups excluding carboxylic acids is 1. The minimum Gasteiger partial charge on any atom is -0.508 e. The fourth-order valence-corrected chi connectivity index (χ4v) is 1.74. The summed E-state index contributed by atoms with van der Waals surface area (Å²) in [5.74, 6) is 0.123. The summed E-state index contributed by atoms with van der Waals surface area (Å²) in [5, 5.41) is 12.1. The molecule has 86 valence electrons. The van der Waals surface area contributed by atoms with Crippen molar-refractivity contribution in [1.29, 1.82) is 0 Å². The maximum Gasteiger partial charge on any atom is 0.253 e. The fourth-order valence-electron chi connectivity index (χ4n) is 1.74. The molecule has 0 aromatic heterocycles. The molecule has 1 amide bonds. The number of phenols is 1. The van der Waals surface area contributed by atoms with Crippen LogP contribution in [0.5, 0.6) is 5.75 Å². The normalized spacial score (nSPS) is 19.7. The molecule has 1 aromatic rings. The number of nitrogens with one attached hydrogen (secondary N) is 1. The van der Waals surface area contributed by atoms with E-state index in [0.29, 0.717) is 12.3 Å². The molecule has 0 saturated carbocycles. The molecule has 2 rings (SSSR count). The largest absolute Gasteiger partial charge is 0.508 e. The van der Waals surface area contributed by atoms with E-state index in [1.54, 1.807) is 25.1 Å². The van der Waals surface area contributed by atoms with Gasteiger partial charge in [-0.15, -0.1) is 0 Å². The van der Waals surface area contributed by atoms with Crippen molar-refractivity contribution in [3.05, 3.63) is 23.8 Å². The van der Waals surface area contributed by atoms with E-state index >= 15 is 0 Å². The molecule has 1 atom stereocenters. The molecule has 1 unspecified atom stereocenters. The first-order valence-electron chi connectivity index (χ1n) is 5.39. The van der Waals surface area contributed by atoms with Crippen LogP contribution >= 0.6 is 0 Å². The van der Waals surface area contributed by atoms with Crippen molar-refractivity contribution in [3.63, 3.8) is 0 Å². The highest BCUT2D eigenvalue weighted by molar-refractivity contribution is 5.94. The molecule has 0 bridgehead atoms. The maximum atomic E-state index is 11.7. The van der Waals surface area contributed by atoms with Gasteiger partial charge < -0.3 is 15.2 Å². The van der Waals surface area contributed by atoms with Gasteiger partial charge in [-0.3, -0.25) is 4.79 Å². The van der Waals surface area contributed by atoms with Crippen molar-refractivity contribution in [1.82, 2.24) is 0 Å². The summed E-state index contributed by atoms with van der Waals surface area (Å²) < 4.78 is 5.28. The van der Waals surface area contributed by atoms with Gasteiger partial charge in [0.2, 0.25) is 0 Å². The molecule has 1 heterocycles. The highest BCUT2D eigenvalue weighted by Crippen LogP contribution is 2.21. The molecular formula is C12H15NO3. The van der Waals surface area contributed by atoms with Crippen LogP contribution in [0.2, 0.25) is 0 Å². The van der Waals surface area contributed by atoms with Crippen molar-refractivity contribution < 1.29 is 14.6 Å². The van der Waals surface area contributed by atoms with E-state index in [1.165, 1.54) is 0 Å². The number of aryl methyl sites for hydroxylation is 1. The van der Waals surface area contributed by atoms with Crippen LogP contribution in [0, 0.1) is 6.92 Å². The summed E-state index contributed by atoms with van der Waals surface area (Å²) in [6.45, 7) is 2.45. The standard InChI is InChI=1S/C12H15NO3/c1-8-7-9(4-5-10(8)14)13-12(15)11-3-2-6-16-11/h4-5,7,11,14H,2-3,6H2,1H3,(H,13,15). The second-order valence-electron chi connectivity index (χ2n) is 3.99. The zero-order chi connectivity index (χ0) is 11.5. The Labute approximate surface area is 94.2 Å². The molecule has 4 nitrogen and oxygen atoms in total. The van der Waals surface area contributed by atoms with Crippen molar-refractivity contribution >= 4 is 11.6 Å². The van der Waals surface area contributed by atoms with E-state index in [2.05, 4.69) is 5.32 Å². The highest BCUT2D eigenvalue weighted by atomic mass is 16.5. The SMILES string of the molecule is Cc1cc(NC(=O)C2CCCO2)ccc1O. The van der Waals surface area contributed by atoms with Gasteiger partial charge in [0.1, 0.15) is 11.9 Å². The Hall–Kier alpha value is -1.55. The van der Waals surface area contributed by atoms with Crippen LogP contribution in [0.25, 0.3) is 0 Å². The molecule has 16 heavy (non-hydrogen) atoms. The Morgan fingerprint density at radius 2 is 2.38 bits per heavy atom. The van der Waals surface area contributed by atoms with E-state index in [4.69, 9.17) is 4.74 Å². The van der Waals surface area contributed by atoms with Crippen LogP contribution in [0.3, 0.4) is 0 Å². The fraction of sp³-hybridized carbons (Fsp3) is 0.417. The summed E-state index contributed by atoms with van der Waals surface area (Å²) >= 11 is 0. The van der Waals surface area contributed by atoms with E-state index < -0.39 is 0 Å². The predicted molar refractivity (Wildman–Crippen MR) is 60.4 cm³/mol. The third-order valence-electron chi connectivity index (χ3n) is 2.69. The Morgan fingerprint density at radius 3 is 3.00 bits per heavy atom. The lowest BCUT2D eigenvalue weighted by Gasteiger charge is -2.11. The summed E-state index contributed by atoms with van der Waals surface area (Å²) in [6, 6.07) is 4.98. The predicted octanol–water partition coefficient (Wildman–Crippen LogP) is 1.82. The van der Waals surface area contributed by atoms with Crippen molar-refractivity contribution in [2.75, 3.05) is 11.9 Å². The van der Waals surface area contributed by atoms with Crippen LogP contribution < -0.4 is 5.32 Å². The van der Waals surface area contributed by atoms with Gasteiger partial charge in [0.25, 0.3) is 5.91 Å². The van der Waals surface area contributed by atoms with Crippen molar-refractivity contribution in [3.8, 4) is 5.75 Å². The molecule has 1 fully saturated rings. The van der Waals surface area contributed by atoms with Crippen LogP contribution in [-0.2, 0) is 9.53 Å². The Morgan fingerprint density at radius 1 is 1.56 bits per heavy atom. The first kappa shape index (κ1) is 11.0. The number of phenolic OH excluding ortho intramolecular Hbond substituents is 1. The molecule has 2 N–H and O–H groups in total. The van der Waals surface area contributed by atoms with Gasteiger partial charge in [-0.2, -0.15) is 0 Å². The second-order valence-corrected chi connectivity index (χ2v) is 3.99. The molecule has 1 aromatic carbocycles. The van der Waals surface area contributed by atoms with Crippen LogP contribution in [0.15, 0.2) is 18.2 Å². The Kier molecular flexibility index (Phi) is 3.10. The summed E-state index contributed by atoms with van der Waals surface area (Å²) in [7, 11) is 0. The van der Waals surface area contributed by atoms with E-state index in [-0.39, 0.29) is 17.8 Å². The lowest BCUT2D eigenvalue weighted by atomic mass is 10.2. The minimum absolute atomic E-state index is 0.109. The zero-order valence-corrected chi connectivity index (χ0v) is 9.19. The Bertz CT molecular complexity index is 397. The van der Waals surface area contributed by atoms with E-state index in [0.717, 1.165) is 18.4 Å². The van der Waals surface area contributed by atoms with Crippen molar-refractivity contribution in [2.24, 2.45) is 0 Å². The third-order valence-corrected chi connectivity index (χ3v) is 2.69. The number of carbonyl (C=O) groups is 1. The van der Waals surface area contributed by atoms with Crippen LogP contribution in [-0.4, -0.2) is 23.7 Å². The minimum atomic E-state index is -0.325. The average Bonchev–Trinajstić information content (AvgIpc) is 2.77. The second kappa shape index (κ2) is 4.53. The van der Waals surface area contributed by atoms with Crippen molar-refractivity contribution in [2.45, 2.75) is 25.9 Å². The molecule has 0 radical (unpaired) electrons. The summed E-state index contributed by atoms with van der Waals surface area (Å²) in [6.07, 6.45) is 1.39. The molecule has 0 spiro atoms. The highest BCUT2D eigenvalue weighted by Gasteiger charge is 2.23. The quantitative estimate of drug-likeness (QED) is 0.749. The number of hydrogen-bond acceptors (Lipinski definition) is 3. The number of anilines is 1. The monoisotopic (exact) mass is 221 g/mol. The zero-order valence-electron chi connectivity index (χ0n) is 9.19. The van der Waals surface area contributed by atoms with Gasteiger partial charge in [0.15, 0.2) is 0 Å². The first-order chi connectivity index (χ1) is 7.66. The van der Waals surface area contributed by atoms with Crippen LogP contribution in [0.4, 0.5) is 5.69 Å². The number of ether oxygens (including phenoxy) is 1. The topological polar surface area (TPSA) is 58.6 Å². The summed E-state index contributed by atoms with van der Waals surface area (Å²) in [4.78, 5) is 11.7. The van der Waals surface area contributed by atoms with Gasteiger partial charge in [-0.1, -0.05) is 0 Å². The lowest BCUT2D eigenvalue weighted by molar-refractivity contribution is -0.124. The molecule has 4 heteroatoms. The Balaban J connectivity index is 2.02. The van der Waals surface area contributed by atoms with Gasteiger partial charge in [-0.25, -0.2) is 0 Å². The molecule has 1 aliphatic rings. The number of benzene rings is 1. The van der Waals surface area contributed by atoms with Gasteiger partial charge >= 0.3 is 0 Å². The summed E-state index contributed by atoms with van der Waals surface area (Å²) in [5.41, 5.74) is 1.43. The first-order valence-corrected chi connectivity index (χ1v) is 5.39. The number of aromatic hydroxyl groups is 1. The maximum absolute atomic E-state index is 11.7. The lowest BCUT2D eigenvalue weighted by Crippen LogP contribution is -2.26.